The first-order valence-electron chi connectivity index (χ1n) is 12.5. The van der Waals surface area contributed by atoms with Crippen molar-refractivity contribution in [3.8, 4) is 11.1 Å². The monoisotopic (exact) mass is 478 g/mol. The second-order valence-electron chi connectivity index (χ2n) is 9.77. The number of carbonyl (C=O) groups excluding carboxylic acids is 2. The molecule has 1 aliphatic carbocycles. The van der Waals surface area contributed by atoms with Gasteiger partial charge in [-0.05, 0) is 47.9 Å². The molecule has 0 spiro atoms. The Morgan fingerprint density at radius 1 is 1.09 bits per heavy atom. The number of carbonyl (C=O) groups is 3. The molecule has 0 bridgehead atoms. The van der Waals surface area contributed by atoms with Crippen molar-refractivity contribution in [3.63, 3.8) is 0 Å². The maximum atomic E-state index is 13.4. The molecule has 35 heavy (non-hydrogen) atoms. The van der Waals surface area contributed by atoms with Crippen LogP contribution in [0.1, 0.15) is 57.1 Å². The molecule has 1 fully saturated rings. The highest BCUT2D eigenvalue weighted by Gasteiger charge is 2.37. The van der Waals surface area contributed by atoms with Gasteiger partial charge in [-0.2, -0.15) is 0 Å². The van der Waals surface area contributed by atoms with Gasteiger partial charge in [-0.15, -0.1) is 0 Å². The number of amides is 2. The van der Waals surface area contributed by atoms with Gasteiger partial charge in [-0.1, -0.05) is 68.8 Å². The molecule has 4 rings (SSSR count). The van der Waals surface area contributed by atoms with Gasteiger partial charge in [0.05, 0.1) is 5.92 Å². The van der Waals surface area contributed by atoms with Crippen molar-refractivity contribution in [1.82, 2.24) is 10.2 Å². The molecule has 0 aromatic heterocycles. The van der Waals surface area contributed by atoms with Gasteiger partial charge in [-0.3, -0.25) is 9.59 Å². The summed E-state index contributed by atoms with van der Waals surface area (Å²) in [7, 11) is 0. The standard InChI is InChI=1S/C28H34N2O5/c1-4-17(2)25(26(31)30-14-13-19(27(32)33)15-18(30)3)29-28(34)35-16-24-22-11-7-5-9-20(22)21-10-6-8-12-23(21)24/h5-12,17-19,24-25H,4,13-16H2,1-3H3,(H,29,34)(H,32,33)/t17?,18-,19-,25?/m1/s1. The molecule has 1 aliphatic heterocycles. The van der Waals surface area contributed by atoms with Crippen molar-refractivity contribution < 1.29 is 24.2 Å². The molecule has 4 atom stereocenters. The van der Waals surface area contributed by atoms with Crippen molar-refractivity contribution in [2.45, 2.75) is 58.0 Å². The average Bonchev–Trinajstić information content (AvgIpc) is 3.18. The van der Waals surface area contributed by atoms with E-state index in [9.17, 15) is 19.5 Å². The molecule has 2 aromatic carbocycles. The zero-order valence-electron chi connectivity index (χ0n) is 20.6. The molecule has 2 aromatic rings. The number of ether oxygens (including phenoxy) is 1. The maximum Gasteiger partial charge on any atom is 0.407 e. The second-order valence-corrected chi connectivity index (χ2v) is 9.77. The number of nitrogens with one attached hydrogen (secondary N) is 1. The first-order valence-corrected chi connectivity index (χ1v) is 12.5. The largest absolute Gasteiger partial charge is 0.481 e. The van der Waals surface area contributed by atoms with E-state index in [-0.39, 0.29) is 30.4 Å². The Kier molecular flexibility index (Phi) is 7.43. The molecule has 2 unspecified atom stereocenters. The fraction of sp³-hybridized carbons (Fsp3) is 0.464. The van der Waals surface area contributed by atoms with E-state index < -0.39 is 24.0 Å². The lowest BCUT2D eigenvalue weighted by molar-refractivity contribution is -0.148. The summed E-state index contributed by atoms with van der Waals surface area (Å²) in [6.07, 6.45) is 0.932. The number of aliphatic carboxylic acids is 1. The topological polar surface area (TPSA) is 95.9 Å². The Morgan fingerprint density at radius 2 is 1.69 bits per heavy atom. The van der Waals surface area contributed by atoms with E-state index in [1.54, 1.807) is 4.90 Å². The molecule has 7 nitrogen and oxygen atoms in total. The number of carboxylic acids is 1. The van der Waals surface area contributed by atoms with Crippen LogP contribution in [0.5, 0.6) is 0 Å². The van der Waals surface area contributed by atoms with Crippen LogP contribution in [0.3, 0.4) is 0 Å². The van der Waals surface area contributed by atoms with E-state index in [4.69, 9.17) is 4.74 Å². The van der Waals surface area contributed by atoms with Gasteiger partial charge < -0.3 is 20.1 Å². The van der Waals surface area contributed by atoms with E-state index >= 15 is 0 Å². The third kappa shape index (κ3) is 5.04. The number of benzene rings is 2. The lowest BCUT2D eigenvalue weighted by Crippen LogP contribution is -2.56. The number of alkyl carbamates (subject to hydrolysis) is 1. The van der Waals surface area contributed by atoms with E-state index in [0.29, 0.717) is 25.8 Å². The molecular weight excluding hydrogens is 444 g/mol. The molecule has 1 heterocycles. The van der Waals surface area contributed by atoms with Crippen molar-refractivity contribution in [2.24, 2.45) is 11.8 Å². The third-order valence-electron chi connectivity index (χ3n) is 7.60. The van der Waals surface area contributed by atoms with Crippen LogP contribution in [0.25, 0.3) is 11.1 Å². The van der Waals surface area contributed by atoms with Crippen molar-refractivity contribution in [1.29, 1.82) is 0 Å². The normalized spacial score (nSPS) is 20.9. The second kappa shape index (κ2) is 10.5. The van der Waals surface area contributed by atoms with E-state index in [1.807, 2.05) is 45.0 Å². The minimum atomic E-state index is -0.820. The number of hydrogen-bond acceptors (Lipinski definition) is 4. The molecular formula is C28H34N2O5. The summed E-state index contributed by atoms with van der Waals surface area (Å²) in [4.78, 5) is 39.4. The van der Waals surface area contributed by atoms with Crippen LogP contribution < -0.4 is 5.32 Å². The van der Waals surface area contributed by atoms with Crippen molar-refractivity contribution in [3.05, 3.63) is 59.7 Å². The van der Waals surface area contributed by atoms with Crippen LogP contribution in [-0.4, -0.2) is 53.2 Å². The van der Waals surface area contributed by atoms with Gasteiger partial charge in [0.15, 0.2) is 0 Å². The lowest BCUT2D eigenvalue weighted by atomic mass is 9.90. The summed E-state index contributed by atoms with van der Waals surface area (Å²) in [6.45, 7) is 6.33. The first kappa shape index (κ1) is 24.8. The first-order chi connectivity index (χ1) is 16.8. The van der Waals surface area contributed by atoms with E-state index in [2.05, 4.69) is 29.6 Å². The minimum absolute atomic E-state index is 0.0547. The fourth-order valence-corrected chi connectivity index (χ4v) is 5.35. The molecule has 7 heteroatoms. The summed E-state index contributed by atoms with van der Waals surface area (Å²) < 4.78 is 5.68. The van der Waals surface area contributed by atoms with Crippen LogP contribution in [0.4, 0.5) is 4.79 Å². The number of fused-ring (bicyclic) bond motifs is 3. The van der Waals surface area contributed by atoms with Crippen molar-refractivity contribution in [2.75, 3.05) is 13.2 Å². The molecule has 0 radical (unpaired) electrons. The number of hydrogen-bond donors (Lipinski definition) is 2. The predicted octanol–water partition coefficient (Wildman–Crippen LogP) is 4.65. The number of likely N-dealkylation sites (tertiary alicyclic amines) is 1. The van der Waals surface area contributed by atoms with Gasteiger partial charge in [0.1, 0.15) is 12.6 Å². The summed E-state index contributed by atoms with van der Waals surface area (Å²) >= 11 is 0. The Morgan fingerprint density at radius 3 is 2.23 bits per heavy atom. The molecule has 2 amide bonds. The zero-order valence-corrected chi connectivity index (χ0v) is 20.6. The van der Waals surface area contributed by atoms with Gasteiger partial charge >= 0.3 is 12.1 Å². The van der Waals surface area contributed by atoms with Gasteiger partial charge in [-0.25, -0.2) is 4.79 Å². The number of rotatable bonds is 7. The summed E-state index contributed by atoms with van der Waals surface area (Å²) in [6, 6.07) is 15.4. The van der Waals surface area contributed by atoms with E-state index in [0.717, 1.165) is 22.3 Å². The highest BCUT2D eigenvalue weighted by atomic mass is 16.5. The number of nitrogens with zero attached hydrogens (tertiary/aromatic N) is 1. The van der Waals surface area contributed by atoms with Crippen molar-refractivity contribution >= 4 is 18.0 Å². The summed E-state index contributed by atoms with van der Waals surface area (Å²) in [5, 5.41) is 12.2. The maximum absolute atomic E-state index is 13.4. The summed E-state index contributed by atoms with van der Waals surface area (Å²) in [5.41, 5.74) is 4.57. The van der Waals surface area contributed by atoms with Crippen LogP contribution >= 0.6 is 0 Å². The quantitative estimate of drug-likeness (QED) is 0.604. The van der Waals surface area contributed by atoms with Crippen LogP contribution in [0.15, 0.2) is 48.5 Å². The lowest BCUT2D eigenvalue weighted by Gasteiger charge is -2.39. The third-order valence-corrected chi connectivity index (χ3v) is 7.60. The molecule has 0 saturated carbocycles. The smallest absolute Gasteiger partial charge is 0.407 e. The Bertz CT molecular complexity index is 1050. The number of carboxylic acid groups (broad SMARTS) is 1. The van der Waals surface area contributed by atoms with Crippen LogP contribution in [-0.2, 0) is 14.3 Å². The minimum Gasteiger partial charge on any atom is -0.481 e. The van der Waals surface area contributed by atoms with E-state index in [1.165, 1.54) is 0 Å². The predicted molar refractivity (Wildman–Crippen MR) is 133 cm³/mol. The van der Waals surface area contributed by atoms with Gasteiger partial charge in [0.2, 0.25) is 5.91 Å². The zero-order chi connectivity index (χ0) is 25.1. The molecule has 2 aliphatic rings. The van der Waals surface area contributed by atoms with Crippen LogP contribution in [0, 0.1) is 11.8 Å². The molecule has 1 saturated heterocycles. The Labute approximate surface area is 206 Å². The Balaban J connectivity index is 1.43. The highest BCUT2D eigenvalue weighted by molar-refractivity contribution is 5.86. The summed E-state index contributed by atoms with van der Waals surface area (Å²) in [5.74, 6) is -1.58. The number of piperidine rings is 1. The fourth-order valence-electron chi connectivity index (χ4n) is 5.35. The SMILES string of the molecule is CCC(C)C(NC(=O)OCC1c2ccccc2-c2ccccc21)C(=O)N1CC[C@@H](C(=O)O)C[C@H]1C. The van der Waals surface area contributed by atoms with Gasteiger partial charge in [0.25, 0.3) is 0 Å². The Hall–Kier alpha value is -3.35. The molecule has 2 N–H and O–H groups in total. The highest BCUT2D eigenvalue weighted by Crippen LogP contribution is 2.44. The van der Waals surface area contributed by atoms with Gasteiger partial charge in [0, 0.05) is 18.5 Å². The van der Waals surface area contributed by atoms with Crippen LogP contribution in [0.2, 0.25) is 0 Å². The average molecular weight is 479 g/mol. The molecule has 186 valence electrons.